The van der Waals surface area contributed by atoms with Crippen molar-refractivity contribution in [2.75, 3.05) is 6.61 Å². The Balaban J connectivity index is 1.41. The van der Waals surface area contributed by atoms with E-state index >= 15 is 0 Å². The normalized spacial score (nSPS) is 34.6. The van der Waals surface area contributed by atoms with Crippen LogP contribution < -0.4 is 4.74 Å². The third kappa shape index (κ3) is 5.50. The molecule has 15 nitrogen and oxygen atoms in total. The maximum Gasteiger partial charge on any atom is 0.231 e. The van der Waals surface area contributed by atoms with Crippen molar-refractivity contribution in [2.45, 2.75) is 74.8 Å². The van der Waals surface area contributed by atoms with Crippen molar-refractivity contribution >= 4 is 11.4 Å². The van der Waals surface area contributed by atoms with Crippen LogP contribution >= 0.6 is 0 Å². The van der Waals surface area contributed by atoms with Gasteiger partial charge < -0.3 is 70.0 Å². The second kappa shape index (κ2) is 11.9. The number of phenolic OH excluding ortho intramolecular Hbond substituents is 3. The van der Waals surface area contributed by atoms with Gasteiger partial charge >= 0.3 is 0 Å². The number of aliphatic hydroxyl groups excluding tert-OH is 7. The first kappa shape index (κ1) is 30.9. The Kier molecular flexibility index (Phi) is 8.54. The van der Waals surface area contributed by atoms with Crippen molar-refractivity contribution in [3.8, 4) is 23.0 Å². The maximum absolute atomic E-state index is 13.0. The summed E-state index contributed by atoms with van der Waals surface area (Å²) < 4.78 is 22.1. The van der Waals surface area contributed by atoms with Crippen molar-refractivity contribution in [1.82, 2.24) is 0 Å². The minimum absolute atomic E-state index is 0.0539. The van der Waals surface area contributed by atoms with Crippen LogP contribution in [0.1, 0.15) is 28.4 Å². The molecule has 2 fully saturated rings. The van der Waals surface area contributed by atoms with Gasteiger partial charge in [0.05, 0.1) is 18.3 Å². The number of allylic oxidation sites excluding steroid dienone is 2. The Morgan fingerprint density at radius 1 is 0.860 bits per heavy atom. The number of Topliss-reactive ketones (excluding diaryl/α,β-unsaturated/α-hetero) is 1. The third-order valence-electron chi connectivity index (χ3n) is 7.81. The van der Waals surface area contributed by atoms with E-state index in [0.29, 0.717) is 5.56 Å². The van der Waals surface area contributed by atoms with Crippen molar-refractivity contribution < 1.29 is 74.8 Å². The average Bonchev–Trinajstić information content (AvgIpc) is 2.98. The highest BCUT2D eigenvalue weighted by atomic mass is 16.7. The fourth-order valence-electron chi connectivity index (χ4n) is 5.33. The molecule has 2 aliphatic heterocycles. The summed E-state index contributed by atoms with van der Waals surface area (Å²) in [5.41, 5.74) is -0.0134. The van der Waals surface area contributed by atoms with Gasteiger partial charge in [0.1, 0.15) is 54.2 Å². The lowest BCUT2D eigenvalue weighted by Gasteiger charge is -2.45. The van der Waals surface area contributed by atoms with Crippen molar-refractivity contribution in [3.05, 3.63) is 52.8 Å². The average molecular weight is 609 g/mol. The van der Waals surface area contributed by atoms with Crippen LogP contribution in [0.5, 0.6) is 23.0 Å². The van der Waals surface area contributed by atoms with Crippen LogP contribution in [0.3, 0.4) is 0 Å². The van der Waals surface area contributed by atoms with Gasteiger partial charge in [-0.25, -0.2) is 0 Å². The Morgan fingerprint density at radius 2 is 1.53 bits per heavy atom. The number of hydrogen-bond acceptors (Lipinski definition) is 15. The van der Waals surface area contributed by atoms with Gasteiger partial charge in [-0.15, -0.1) is 0 Å². The molecule has 2 saturated heterocycles. The summed E-state index contributed by atoms with van der Waals surface area (Å²) >= 11 is 0. The lowest BCUT2D eigenvalue weighted by Crippen LogP contribution is -2.64. The summed E-state index contributed by atoms with van der Waals surface area (Å²) in [6.07, 6.45) is -16.3. The second-order valence-corrected chi connectivity index (χ2v) is 10.6. The number of carbonyl (C=O) groups excluding carboxylic acids is 1. The number of rotatable bonds is 6. The van der Waals surface area contributed by atoms with Crippen LogP contribution in [-0.4, -0.2) is 125 Å². The van der Waals surface area contributed by atoms with Crippen molar-refractivity contribution in [1.29, 1.82) is 0 Å². The van der Waals surface area contributed by atoms with E-state index in [1.807, 2.05) is 0 Å². The third-order valence-corrected chi connectivity index (χ3v) is 7.81. The van der Waals surface area contributed by atoms with E-state index in [1.54, 1.807) is 0 Å². The van der Waals surface area contributed by atoms with Gasteiger partial charge in [0, 0.05) is 23.6 Å². The van der Waals surface area contributed by atoms with E-state index in [4.69, 9.17) is 18.9 Å². The number of hydrogen-bond donors (Lipinski definition) is 10. The Hall–Kier alpha value is -3.51. The number of benzene rings is 2. The number of aliphatic hydroxyl groups is 7. The summed E-state index contributed by atoms with van der Waals surface area (Å²) in [5.74, 6) is -3.40. The quantitative estimate of drug-likeness (QED) is 0.168. The number of carbonyl (C=O) groups is 1. The Morgan fingerprint density at radius 3 is 2.19 bits per heavy atom. The molecule has 43 heavy (non-hydrogen) atoms. The van der Waals surface area contributed by atoms with Crippen LogP contribution in [-0.2, 0) is 20.6 Å². The molecule has 2 aromatic carbocycles. The fraction of sp³-hybridized carbons (Fsp3) is 0.464. The van der Waals surface area contributed by atoms with Crippen molar-refractivity contribution in [2.24, 2.45) is 0 Å². The van der Waals surface area contributed by atoms with E-state index in [0.717, 1.165) is 6.07 Å². The standard InChI is InChI=1S/C28H32O15/c1-9-18(32)26(43-27-24(38)23(37)21(35)16(8-29)42-27)25(39)28(40-9)41-15-7-14(31)17-13(19(15)33)6-12(20(34)22(17)36)10-2-4-11(30)5-3-10/h2-5,7,9,16,18,21,23-35,37-39H,6,8H2,1H3/t9-,16-,18-,21-,23+,24+,25+,26+,27-,28-/m0/s1. The number of aromatic hydroxyl groups is 3. The van der Waals surface area contributed by atoms with Crippen LogP contribution in [0.4, 0.5) is 0 Å². The van der Waals surface area contributed by atoms with E-state index in [1.165, 1.54) is 31.2 Å². The molecule has 2 aromatic rings. The molecule has 15 heteroatoms. The van der Waals surface area contributed by atoms with Gasteiger partial charge in [0.25, 0.3) is 0 Å². The largest absolute Gasteiger partial charge is 0.508 e. The molecule has 10 N–H and O–H groups in total. The topological polar surface area (TPSA) is 256 Å². The molecule has 0 bridgehead atoms. The molecule has 234 valence electrons. The number of fused-ring (bicyclic) bond motifs is 1. The number of phenols is 3. The predicted octanol–water partition coefficient (Wildman–Crippen LogP) is -1.46. The summed E-state index contributed by atoms with van der Waals surface area (Å²) in [7, 11) is 0. The zero-order valence-electron chi connectivity index (χ0n) is 22.6. The van der Waals surface area contributed by atoms with Gasteiger partial charge in [-0.05, 0) is 24.6 Å². The fourth-order valence-corrected chi connectivity index (χ4v) is 5.33. The smallest absolute Gasteiger partial charge is 0.231 e. The van der Waals surface area contributed by atoms with E-state index in [2.05, 4.69) is 0 Å². The monoisotopic (exact) mass is 608 g/mol. The minimum Gasteiger partial charge on any atom is -0.508 e. The number of ketones is 1. The minimum atomic E-state index is -1.84. The molecular weight excluding hydrogens is 576 g/mol. The highest BCUT2D eigenvalue weighted by Gasteiger charge is 2.50. The molecule has 2 heterocycles. The van der Waals surface area contributed by atoms with Gasteiger partial charge in [-0.3, -0.25) is 4.79 Å². The van der Waals surface area contributed by atoms with Crippen LogP contribution in [0.15, 0.2) is 36.1 Å². The van der Waals surface area contributed by atoms with Crippen LogP contribution in [0.25, 0.3) is 5.57 Å². The van der Waals surface area contributed by atoms with E-state index in [-0.39, 0.29) is 28.9 Å². The Labute approximate surface area is 243 Å². The second-order valence-electron chi connectivity index (χ2n) is 10.6. The van der Waals surface area contributed by atoms with Crippen molar-refractivity contribution in [3.63, 3.8) is 0 Å². The predicted molar refractivity (Wildman–Crippen MR) is 141 cm³/mol. The first-order valence-electron chi connectivity index (χ1n) is 13.3. The highest BCUT2D eigenvalue weighted by Crippen LogP contribution is 2.45. The Bertz CT molecular complexity index is 1390. The molecule has 10 atom stereocenters. The molecule has 0 saturated carbocycles. The van der Waals surface area contributed by atoms with E-state index < -0.39 is 96.8 Å². The molecule has 0 radical (unpaired) electrons. The lowest BCUT2D eigenvalue weighted by molar-refractivity contribution is -0.350. The SMILES string of the molecule is C[C@@H]1O[C@@H](Oc2cc(O)c3c(c2O)CC(c2ccc(O)cc2)=C(O)C3=O)[C@H](O)[C@H](O[C@@H]2O[C@@H](CO)[C@H](O)[C@@H](O)[C@H]2O)[C@H]1O. The first-order chi connectivity index (χ1) is 20.3. The van der Waals surface area contributed by atoms with Gasteiger partial charge in [0.2, 0.25) is 12.1 Å². The zero-order valence-corrected chi connectivity index (χ0v) is 22.6. The molecule has 3 aliphatic rings. The molecule has 0 aromatic heterocycles. The van der Waals surface area contributed by atoms with Gasteiger partial charge in [-0.2, -0.15) is 0 Å². The van der Waals surface area contributed by atoms with E-state index in [9.17, 15) is 55.9 Å². The van der Waals surface area contributed by atoms with Gasteiger partial charge in [-0.1, -0.05) is 12.1 Å². The van der Waals surface area contributed by atoms with Crippen LogP contribution in [0, 0.1) is 0 Å². The molecular formula is C28H32O15. The molecule has 0 unspecified atom stereocenters. The summed E-state index contributed by atoms with van der Waals surface area (Å²) in [6, 6.07) is 6.46. The molecule has 1 aliphatic carbocycles. The molecule has 0 amide bonds. The first-order valence-corrected chi connectivity index (χ1v) is 13.3. The molecule has 5 rings (SSSR count). The zero-order chi connectivity index (χ0) is 31.3. The summed E-state index contributed by atoms with van der Waals surface area (Å²) in [5, 5.41) is 103. The maximum atomic E-state index is 13.0. The molecule has 0 spiro atoms. The highest BCUT2D eigenvalue weighted by molar-refractivity contribution is 6.16. The summed E-state index contributed by atoms with van der Waals surface area (Å²) in [6.45, 7) is 0.660. The van der Waals surface area contributed by atoms with Crippen LogP contribution in [0.2, 0.25) is 0 Å². The van der Waals surface area contributed by atoms with Gasteiger partial charge in [0.15, 0.2) is 23.5 Å². The number of ether oxygens (including phenoxy) is 4. The lowest BCUT2D eigenvalue weighted by atomic mass is 9.84. The summed E-state index contributed by atoms with van der Waals surface area (Å²) in [4.78, 5) is 13.0.